The van der Waals surface area contributed by atoms with Gasteiger partial charge < -0.3 is 15.9 Å². The third kappa shape index (κ3) is 2.25. The quantitative estimate of drug-likeness (QED) is 0.618. The Morgan fingerprint density at radius 1 is 1.14 bits per heavy atom. The maximum atomic E-state index is 8.88. The molecular formula is C11H17NO2. The van der Waals surface area contributed by atoms with Gasteiger partial charge in [0.05, 0.1) is 0 Å². The summed E-state index contributed by atoms with van der Waals surface area (Å²) in [6.07, 6.45) is 1.22. The van der Waals surface area contributed by atoms with Crippen LogP contribution in [0.15, 0.2) is 12.1 Å². The maximum absolute atomic E-state index is 8.88. The van der Waals surface area contributed by atoms with Gasteiger partial charge in [-0.15, -0.1) is 0 Å². The Balaban J connectivity index is 3.05. The monoisotopic (exact) mass is 195 g/mol. The van der Waals surface area contributed by atoms with Gasteiger partial charge in [-0.3, -0.25) is 0 Å². The van der Waals surface area contributed by atoms with Crippen LogP contribution in [0.25, 0.3) is 0 Å². The van der Waals surface area contributed by atoms with Crippen LogP contribution < -0.4 is 5.73 Å². The van der Waals surface area contributed by atoms with Crippen molar-refractivity contribution in [3.05, 3.63) is 28.8 Å². The van der Waals surface area contributed by atoms with Crippen molar-refractivity contribution in [3.63, 3.8) is 0 Å². The summed E-state index contributed by atoms with van der Waals surface area (Å²) >= 11 is 0. The van der Waals surface area contributed by atoms with Crippen LogP contribution >= 0.6 is 0 Å². The van der Waals surface area contributed by atoms with E-state index in [4.69, 9.17) is 15.9 Å². The molecule has 0 aliphatic heterocycles. The highest BCUT2D eigenvalue weighted by Crippen LogP contribution is 2.21. The minimum atomic E-state index is 0.105. The van der Waals surface area contributed by atoms with Crippen LogP contribution in [0.3, 0.4) is 0 Å². The van der Waals surface area contributed by atoms with Crippen molar-refractivity contribution in [1.29, 1.82) is 0 Å². The lowest BCUT2D eigenvalue weighted by atomic mass is 9.97. The predicted octanol–water partition coefficient (Wildman–Crippen LogP) is 0.647. The van der Waals surface area contributed by atoms with Crippen molar-refractivity contribution in [2.75, 3.05) is 18.9 Å². The Kier molecular flexibility index (Phi) is 3.92. The van der Waals surface area contributed by atoms with Crippen molar-refractivity contribution >= 4 is 5.69 Å². The van der Waals surface area contributed by atoms with Crippen molar-refractivity contribution in [3.8, 4) is 0 Å². The number of nitrogens with two attached hydrogens (primary N) is 1. The van der Waals surface area contributed by atoms with Gasteiger partial charge in [0.2, 0.25) is 0 Å². The SMILES string of the molecule is Cc1c(CCO)ccc(N)c1CCO. The van der Waals surface area contributed by atoms with Gasteiger partial charge in [-0.1, -0.05) is 6.07 Å². The first-order valence-corrected chi connectivity index (χ1v) is 4.79. The van der Waals surface area contributed by atoms with E-state index >= 15 is 0 Å². The van der Waals surface area contributed by atoms with Crippen LogP contribution in [0.2, 0.25) is 0 Å². The summed E-state index contributed by atoms with van der Waals surface area (Å²) in [5.74, 6) is 0. The third-order valence-electron chi connectivity index (χ3n) is 2.49. The molecule has 14 heavy (non-hydrogen) atoms. The van der Waals surface area contributed by atoms with Crippen LogP contribution in [0.1, 0.15) is 16.7 Å². The van der Waals surface area contributed by atoms with Crippen molar-refractivity contribution < 1.29 is 10.2 Å². The van der Waals surface area contributed by atoms with Crippen molar-refractivity contribution in [1.82, 2.24) is 0 Å². The van der Waals surface area contributed by atoms with E-state index in [9.17, 15) is 0 Å². The van der Waals surface area contributed by atoms with Crippen LogP contribution in [0, 0.1) is 6.92 Å². The molecule has 1 aromatic rings. The molecule has 0 radical (unpaired) electrons. The molecule has 3 nitrogen and oxygen atoms in total. The average molecular weight is 195 g/mol. The standard InChI is InChI=1S/C11H17NO2/c1-8-9(4-6-13)2-3-11(12)10(8)5-7-14/h2-3,13-14H,4-7,12H2,1H3. The molecule has 0 heterocycles. The molecule has 1 aromatic carbocycles. The molecule has 4 N–H and O–H groups in total. The lowest BCUT2D eigenvalue weighted by molar-refractivity contribution is 0.297. The Morgan fingerprint density at radius 3 is 2.36 bits per heavy atom. The van der Waals surface area contributed by atoms with Gasteiger partial charge in [0, 0.05) is 18.9 Å². The third-order valence-corrected chi connectivity index (χ3v) is 2.49. The highest BCUT2D eigenvalue weighted by atomic mass is 16.3. The summed E-state index contributed by atoms with van der Waals surface area (Å²) < 4.78 is 0. The Hall–Kier alpha value is -1.06. The van der Waals surface area contributed by atoms with Crippen LogP contribution in [0.5, 0.6) is 0 Å². The number of aliphatic hydroxyl groups is 2. The number of benzene rings is 1. The second kappa shape index (κ2) is 4.98. The highest BCUT2D eigenvalue weighted by Gasteiger charge is 2.06. The zero-order valence-electron chi connectivity index (χ0n) is 8.45. The molecule has 1 rings (SSSR count). The summed E-state index contributed by atoms with van der Waals surface area (Å²) in [7, 11) is 0. The number of nitrogen functional groups attached to an aromatic ring is 1. The molecule has 0 spiro atoms. The zero-order chi connectivity index (χ0) is 10.6. The first-order chi connectivity index (χ1) is 6.70. The van der Waals surface area contributed by atoms with E-state index in [1.165, 1.54) is 0 Å². The molecule has 0 aliphatic carbocycles. The van der Waals surface area contributed by atoms with E-state index in [0.717, 1.165) is 22.4 Å². The summed E-state index contributed by atoms with van der Waals surface area (Å²) in [4.78, 5) is 0. The average Bonchev–Trinajstić information content (AvgIpc) is 2.17. The Labute approximate surface area is 84.2 Å². The molecule has 0 unspecified atom stereocenters. The van der Waals surface area contributed by atoms with Crippen molar-refractivity contribution in [2.24, 2.45) is 0 Å². The lowest BCUT2D eigenvalue weighted by Crippen LogP contribution is -2.04. The smallest absolute Gasteiger partial charge is 0.0472 e. The maximum Gasteiger partial charge on any atom is 0.0472 e. The molecule has 0 atom stereocenters. The lowest BCUT2D eigenvalue weighted by Gasteiger charge is -2.12. The van der Waals surface area contributed by atoms with E-state index in [2.05, 4.69) is 0 Å². The van der Waals surface area contributed by atoms with E-state index in [1.54, 1.807) is 0 Å². The topological polar surface area (TPSA) is 66.5 Å². The summed E-state index contributed by atoms with van der Waals surface area (Å²) in [6, 6.07) is 3.77. The van der Waals surface area contributed by atoms with E-state index < -0.39 is 0 Å². The largest absolute Gasteiger partial charge is 0.398 e. The van der Waals surface area contributed by atoms with E-state index in [0.29, 0.717) is 12.8 Å². The minimum absolute atomic E-state index is 0.105. The van der Waals surface area contributed by atoms with Gasteiger partial charge in [0.1, 0.15) is 0 Å². The summed E-state index contributed by atoms with van der Waals surface area (Å²) in [5.41, 5.74) is 9.71. The van der Waals surface area contributed by atoms with Crippen LogP contribution in [0.4, 0.5) is 5.69 Å². The second-order valence-electron chi connectivity index (χ2n) is 3.36. The zero-order valence-corrected chi connectivity index (χ0v) is 8.45. The van der Waals surface area contributed by atoms with Gasteiger partial charge in [-0.25, -0.2) is 0 Å². The second-order valence-corrected chi connectivity index (χ2v) is 3.36. The molecule has 0 aromatic heterocycles. The molecule has 0 fully saturated rings. The molecule has 78 valence electrons. The molecule has 0 bridgehead atoms. The van der Waals surface area contributed by atoms with Gasteiger partial charge in [0.25, 0.3) is 0 Å². The van der Waals surface area contributed by atoms with Gasteiger partial charge in [-0.2, -0.15) is 0 Å². The van der Waals surface area contributed by atoms with Gasteiger partial charge >= 0.3 is 0 Å². The fourth-order valence-electron chi connectivity index (χ4n) is 1.66. The molecule has 3 heteroatoms. The molecular weight excluding hydrogens is 178 g/mol. The number of anilines is 1. The number of aliphatic hydroxyl groups excluding tert-OH is 2. The minimum Gasteiger partial charge on any atom is -0.398 e. The Morgan fingerprint density at radius 2 is 1.79 bits per heavy atom. The number of hydrogen-bond acceptors (Lipinski definition) is 3. The first-order valence-electron chi connectivity index (χ1n) is 4.79. The van der Waals surface area contributed by atoms with Gasteiger partial charge in [-0.05, 0) is 42.5 Å². The molecule has 0 saturated heterocycles. The summed E-state index contributed by atoms with van der Waals surface area (Å²) in [6.45, 7) is 2.23. The van der Waals surface area contributed by atoms with E-state index in [-0.39, 0.29) is 13.2 Å². The van der Waals surface area contributed by atoms with Crippen molar-refractivity contribution in [2.45, 2.75) is 19.8 Å². The van der Waals surface area contributed by atoms with Crippen LogP contribution in [-0.2, 0) is 12.8 Å². The normalized spacial score (nSPS) is 10.5. The predicted molar refractivity (Wildman–Crippen MR) is 57.2 cm³/mol. The molecule has 0 saturated carbocycles. The number of rotatable bonds is 4. The highest BCUT2D eigenvalue weighted by molar-refractivity contribution is 5.53. The fourth-order valence-corrected chi connectivity index (χ4v) is 1.66. The van der Waals surface area contributed by atoms with E-state index in [1.807, 2.05) is 19.1 Å². The Bertz CT molecular complexity index is 310. The van der Waals surface area contributed by atoms with Crippen LogP contribution in [-0.4, -0.2) is 23.4 Å². The number of hydrogen-bond donors (Lipinski definition) is 3. The first kappa shape index (κ1) is 11.0. The summed E-state index contributed by atoms with van der Waals surface area (Å²) in [5, 5.41) is 17.7. The molecule has 0 aliphatic rings. The van der Waals surface area contributed by atoms with Gasteiger partial charge in [0.15, 0.2) is 0 Å². The molecule has 0 amide bonds. The fraction of sp³-hybridized carbons (Fsp3) is 0.455.